The van der Waals surface area contributed by atoms with Crippen LogP contribution in [0.25, 0.3) is 12.2 Å². The maximum atomic E-state index is 13.3. The van der Waals surface area contributed by atoms with Crippen molar-refractivity contribution in [2.75, 3.05) is 28.4 Å². The molecular weight excluding hydrogens is 648 g/mol. The van der Waals surface area contributed by atoms with E-state index >= 15 is 0 Å². The van der Waals surface area contributed by atoms with Crippen molar-refractivity contribution in [3.8, 4) is 23.0 Å². The van der Waals surface area contributed by atoms with E-state index in [1.165, 1.54) is 64.9 Å². The van der Waals surface area contributed by atoms with E-state index < -0.39 is 47.3 Å². The van der Waals surface area contributed by atoms with E-state index in [-0.39, 0.29) is 57.7 Å². The summed E-state index contributed by atoms with van der Waals surface area (Å²) >= 11 is 0. The van der Waals surface area contributed by atoms with Gasteiger partial charge in [-0.2, -0.15) is 0 Å². The topological polar surface area (TPSA) is 158 Å². The molecule has 2 atom stereocenters. The average Bonchev–Trinajstić information content (AvgIpc) is 3.11. The van der Waals surface area contributed by atoms with E-state index in [1.54, 1.807) is 38.1 Å². The molecule has 0 bridgehead atoms. The number of ketones is 4. The number of methoxy groups -OCH3 is 4. The molecule has 0 unspecified atom stereocenters. The van der Waals surface area contributed by atoms with Crippen LogP contribution in [-0.4, -0.2) is 75.7 Å². The van der Waals surface area contributed by atoms with Crippen molar-refractivity contribution in [2.45, 2.75) is 38.9 Å². The second kappa shape index (κ2) is 14.6. The molecule has 0 saturated carbocycles. The van der Waals surface area contributed by atoms with Gasteiger partial charge in [0.2, 0.25) is 23.1 Å². The minimum Gasteiger partial charge on any atom is -0.497 e. The first-order chi connectivity index (χ1) is 23.9. The Morgan fingerprint density at radius 3 is 1.28 bits per heavy atom. The number of ether oxygens (including phenoxy) is 6. The minimum atomic E-state index is -0.871. The maximum absolute atomic E-state index is 13.3. The SMILES string of the molecule is COc1cc2c(c(OC)c1)C(=O)C(=O)C(C[C@@H](C)OC(=O)c1ccccc1C(=O)O[C@H](C)CC1=Cc3cc(OC)cc(OC)c3C(=O)C1=O)=C2. The van der Waals surface area contributed by atoms with Gasteiger partial charge in [0.05, 0.1) is 50.7 Å². The molecule has 0 amide bonds. The lowest BCUT2D eigenvalue weighted by Crippen LogP contribution is -2.27. The molecule has 0 aromatic heterocycles. The Balaban J connectivity index is 1.29. The maximum Gasteiger partial charge on any atom is 0.339 e. The molecule has 0 N–H and O–H groups in total. The summed E-state index contributed by atoms with van der Waals surface area (Å²) in [5, 5.41) is 0. The molecule has 0 spiro atoms. The number of hydrogen-bond donors (Lipinski definition) is 0. The third kappa shape index (κ3) is 6.91. The Kier molecular flexibility index (Phi) is 10.3. The van der Waals surface area contributed by atoms with Crippen LogP contribution in [0.2, 0.25) is 0 Å². The first kappa shape index (κ1) is 35.3. The molecule has 3 aromatic rings. The van der Waals surface area contributed by atoms with Crippen LogP contribution in [0.15, 0.2) is 59.7 Å². The van der Waals surface area contributed by atoms with Crippen molar-refractivity contribution < 1.29 is 57.2 Å². The second-order valence-corrected chi connectivity index (χ2v) is 11.6. The standard InChI is InChI=1S/C38H34O12/c1-19(11-23-13-21-15-25(45-3)17-29(47-5)31(21)35(41)33(23)39)49-37(43)27-9-7-8-10-28(27)38(44)50-20(2)12-24-14-22-16-26(46-4)18-30(48-6)32(22)36(42)34(24)40/h7-10,13-20H,11-12H2,1-6H3/t19-,20-/m1/s1. The third-order valence-electron chi connectivity index (χ3n) is 8.23. The fourth-order valence-corrected chi connectivity index (χ4v) is 5.86. The summed E-state index contributed by atoms with van der Waals surface area (Å²) in [5.41, 5.74) is 1.18. The van der Waals surface area contributed by atoms with Gasteiger partial charge in [-0.05, 0) is 61.4 Å². The number of Topliss-reactive ketones (excluding diaryl/α,β-unsaturated/α-hetero) is 4. The van der Waals surface area contributed by atoms with Gasteiger partial charge in [0.15, 0.2) is 0 Å². The van der Waals surface area contributed by atoms with E-state index in [9.17, 15) is 28.8 Å². The molecule has 2 aliphatic carbocycles. The zero-order valence-electron chi connectivity index (χ0n) is 28.2. The molecule has 50 heavy (non-hydrogen) atoms. The van der Waals surface area contributed by atoms with Crippen LogP contribution in [0.1, 0.15) is 79.2 Å². The van der Waals surface area contributed by atoms with Gasteiger partial charge in [-0.15, -0.1) is 0 Å². The van der Waals surface area contributed by atoms with Crippen LogP contribution in [0, 0.1) is 0 Å². The summed E-state index contributed by atoms with van der Waals surface area (Å²) in [6, 6.07) is 12.1. The fourth-order valence-electron chi connectivity index (χ4n) is 5.86. The summed E-state index contributed by atoms with van der Waals surface area (Å²) < 4.78 is 32.4. The number of carbonyl (C=O) groups is 6. The highest BCUT2D eigenvalue weighted by molar-refractivity contribution is 6.53. The highest BCUT2D eigenvalue weighted by atomic mass is 16.6. The zero-order chi connectivity index (χ0) is 36.3. The number of benzene rings is 3. The predicted octanol–water partition coefficient (Wildman–Crippen LogP) is 5.29. The van der Waals surface area contributed by atoms with Gasteiger partial charge in [0.1, 0.15) is 35.2 Å². The van der Waals surface area contributed by atoms with Gasteiger partial charge in [0, 0.05) is 36.1 Å². The van der Waals surface area contributed by atoms with Crippen LogP contribution in [-0.2, 0) is 19.1 Å². The summed E-state index contributed by atoms with van der Waals surface area (Å²) in [7, 11) is 5.69. The fraction of sp³-hybridized carbons (Fsp3) is 0.263. The molecule has 12 nitrogen and oxygen atoms in total. The predicted molar refractivity (Wildman–Crippen MR) is 179 cm³/mol. The molecule has 258 valence electrons. The van der Waals surface area contributed by atoms with E-state index in [0.29, 0.717) is 22.6 Å². The van der Waals surface area contributed by atoms with E-state index in [2.05, 4.69) is 0 Å². The van der Waals surface area contributed by atoms with Gasteiger partial charge in [0.25, 0.3) is 0 Å². The largest absolute Gasteiger partial charge is 0.497 e. The number of fused-ring (bicyclic) bond motifs is 2. The highest BCUT2D eigenvalue weighted by Crippen LogP contribution is 2.37. The molecule has 3 aromatic carbocycles. The van der Waals surface area contributed by atoms with Crippen LogP contribution in [0.4, 0.5) is 0 Å². The van der Waals surface area contributed by atoms with Gasteiger partial charge in [-0.3, -0.25) is 19.2 Å². The Morgan fingerprint density at radius 1 is 0.560 bits per heavy atom. The zero-order valence-corrected chi connectivity index (χ0v) is 28.2. The van der Waals surface area contributed by atoms with Crippen molar-refractivity contribution in [3.63, 3.8) is 0 Å². The number of esters is 2. The summed E-state index contributed by atoms with van der Waals surface area (Å²) in [4.78, 5) is 78.5. The number of hydrogen-bond acceptors (Lipinski definition) is 12. The molecule has 12 heteroatoms. The summed E-state index contributed by atoms with van der Waals surface area (Å²) in [6.07, 6.45) is 1.16. The normalized spacial score (nSPS) is 14.8. The molecule has 0 heterocycles. The molecule has 2 aliphatic rings. The molecular formula is C38H34O12. The van der Waals surface area contributed by atoms with Crippen LogP contribution < -0.4 is 18.9 Å². The molecule has 0 fully saturated rings. The van der Waals surface area contributed by atoms with Gasteiger partial charge < -0.3 is 28.4 Å². The smallest absolute Gasteiger partial charge is 0.339 e. The second-order valence-electron chi connectivity index (χ2n) is 11.6. The molecule has 0 saturated heterocycles. The van der Waals surface area contributed by atoms with Crippen molar-refractivity contribution in [1.29, 1.82) is 0 Å². The van der Waals surface area contributed by atoms with Crippen molar-refractivity contribution >= 4 is 47.2 Å². The Labute approximate surface area is 287 Å². The van der Waals surface area contributed by atoms with Crippen molar-refractivity contribution in [3.05, 3.63) is 93.1 Å². The summed E-state index contributed by atoms with van der Waals surface area (Å²) in [6.45, 7) is 3.11. The molecule has 0 radical (unpaired) electrons. The van der Waals surface area contributed by atoms with Gasteiger partial charge in [-0.1, -0.05) is 12.1 Å². The van der Waals surface area contributed by atoms with Crippen LogP contribution in [0.5, 0.6) is 23.0 Å². The van der Waals surface area contributed by atoms with E-state index in [0.717, 1.165) is 0 Å². The Morgan fingerprint density at radius 2 is 0.940 bits per heavy atom. The monoisotopic (exact) mass is 682 g/mol. The minimum absolute atomic E-state index is 0.0817. The van der Waals surface area contributed by atoms with E-state index in [4.69, 9.17) is 28.4 Å². The lowest BCUT2D eigenvalue weighted by Gasteiger charge is -2.21. The lowest BCUT2D eigenvalue weighted by atomic mass is 9.87. The Bertz CT molecular complexity index is 1860. The van der Waals surface area contributed by atoms with Crippen LogP contribution in [0.3, 0.4) is 0 Å². The summed E-state index contributed by atoms with van der Waals surface area (Å²) in [5.74, 6) is -3.46. The van der Waals surface area contributed by atoms with Gasteiger partial charge >= 0.3 is 11.9 Å². The average molecular weight is 683 g/mol. The number of carbonyl (C=O) groups excluding carboxylic acids is 6. The third-order valence-corrected chi connectivity index (χ3v) is 8.23. The lowest BCUT2D eigenvalue weighted by molar-refractivity contribution is -0.112. The first-order valence-corrected chi connectivity index (χ1v) is 15.5. The molecule has 5 rings (SSSR count). The number of rotatable bonds is 12. The Hall–Kier alpha value is -6.04. The quantitative estimate of drug-likeness (QED) is 0.180. The van der Waals surface area contributed by atoms with Gasteiger partial charge in [-0.25, -0.2) is 9.59 Å². The van der Waals surface area contributed by atoms with E-state index in [1.807, 2.05) is 0 Å². The first-order valence-electron chi connectivity index (χ1n) is 15.5. The van der Waals surface area contributed by atoms with Crippen molar-refractivity contribution in [1.82, 2.24) is 0 Å². The van der Waals surface area contributed by atoms with Crippen molar-refractivity contribution in [2.24, 2.45) is 0 Å². The highest BCUT2D eigenvalue weighted by Gasteiger charge is 2.34. The molecule has 0 aliphatic heterocycles. The van der Waals surface area contributed by atoms with Crippen LogP contribution >= 0.6 is 0 Å².